The molecule has 0 spiro atoms. The van der Waals surface area contributed by atoms with Crippen LogP contribution in [0.4, 0.5) is 0 Å². The topological polar surface area (TPSA) is 12.5 Å². The van der Waals surface area contributed by atoms with Crippen molar-refractivity contribution in [1.29, 1.82) is 0 Å². The van der Waals surface area contributed by atoms with Gasteiger partial charge < -0.3 is 9.64 Å². The molecule has 0 aromatic heterocycles. The van der Waals surface area contributed by atoms with Crippen LogP contribution in [0.1, 0.15) is 33.6 Å². The molecule has 78 valence electrons. The Bertz CT molecular complexity index is 128. The lowest BCUT2D eigenvalue weighted by atomic mass is 9.97. The molecule has 1 aliphatic rings. The maximum absolute atomic E-state index is 5.45. The molecule has 0 saturated carbocycles. The third-order valence-corrected chi connectivity index (χ3v) is 2.94. The Hall–Kier alpha value is -0.0800. The van der Waals surface area contributed by atoms with Gasteiger partial charge in [0.2, 0.25) is 0 Å². The molecule has 2 heteroatoms. The van der Waals surface area contributed by atoms with Gasteiger partial charge in [-0.3, -0.25) is 0 Å². The van der Waals surface area contributed by atoms with E-state index in [-0.39, 0.29) is 0 Å². The van der Waals surface area contributed by atoms with Crippen molar-refractivity contribution in [3.63, 3.8) is 0 Å². The highest BCUT2D eigenvalue weighted by molar-refractivity contribution is 4.73. The summed E-state index contributed by atoms with van der Waals surface area (Å²) in [5.74, 6) is 0.815. The monoisotopic (exact) mass is 185 g/mol. The van der Waals surface area contributed by atoms with E-state index in [2.05, 4.69) is 25.7 Å². The van der Waals surface area contributed by atoms with Gasteiger partial charge in [0.05, 0.1) is 0 Å². The molecule has 0 radical (unpaired) electrons. The summed E-state index contributed by atoms with van der Waals surface area (Å²) in [5, 5.41) is 0. The molecule has 0 N–H and O–H groups in total. The standard InChI is InChI=1S/C11H23NO/c1-4-13-9-11-5-7-12(8-6-11)10(2)3/h10-11H,4-9H2,1-3H3. The number of hydrogen-bond acceptors (Lipinski definition) is 2. The van der Waals surface area contributed by atoms with Crippen LogP contribution < -0.4 is 0 Å². The molecule has 0 bridgehead atoms. The van der Waals surface area contributed by atoms with E-state index in [1.54, 1.807) is 0 Å². The Labute approximate surface area is 82.3 Å². The number of ether oxygens (including phenoxy) is 1. The second-order valence-corrected chi connectivity index (χ2v) is 4.23. The van der Waals surface area contributed by atoms with Crippen LogP contribution in [0.15, 0.2) is 0 Å². The highest BCUT2D eigenvalue weighted by atomic mass is 16.5. The Morgan fingerprint density at radius 2 is 1.92 bits per heavy atom. The van der Waals surface area contributed by atoms with E-state index in [1.807, 2.05) is 0 Å². The van der Waals surface area contributed by atoms with Crippen LogP contribution in [-0.2, 0) is 4.74 Å². The van der Waals surface area contributed by atoms with Crippen LogP contribution in [0.25, 0.3) is 0 Å². The highest BCUT2D eigenvalue weighted by Gasteiger charge is 2.20. The molecule has 0 atom stereocenters. The lowest BCUT2D eigenvalue weighted by Crippen LogP contribution is -2.39. The third kappa shape index (κ3) is 3.65. The van der Waals surface area contributed by atoms with Crippen molar-refractivity contribution in [3.05, 3.63) is 0 Å². The summed E-state index contributed by atoms with van der Waals surface area (Å²) in [5.41, 5.74) is 0. The van der Waals surface area contributed by atoms with Crippen molar-refractivity contribution in [1.82, 2.24) is 4.90 Å². The second-order valence-electron chi connectivity index (χ2n) is 4.23. The van der Waals surface area contributed by atoms with Crippen molar-refractivity contribution in [2.75, 3.05) is 26.3 Å². The maximum Gasteiger partial charge on any atom is 0.0495 e. The van der Waals surface area contributed by atoms with Crippen LogP contribution in [0.2, 0.25) is 0 Å². The second kappa shape index (κ2) is 5.61. The average Bonchev–Trinajstić information content (AvgIpc) is 2.15. The zero-order valence-electron chi connectivity index (χ0n) is 9.25. The van der Waals surface area contributed by atoms with E-state index in [9.17, 15) is 0 Å². The number of piperidine rings is 1. The SMILES string of the molecule is CCOCC1CCN(C(C)C)CC1. The van der Waals surface area contributed by atoms with Gasteiger partial charge in [-0.1, -0.05) is 0 Å². The van der Waals surface area contributed by atoms with E-state index >= 15 is 0 Å². The van der Waals surface area contributed by atoms with Crippen LogP contribution >= 0.6 is 0 Å². The van der Waals surface area contributed by atoms with Crippen LogP contribution in [0.3, 0.4) is 0 Å². The fourth-order valence-electron chi connectivity index (χ4n) is 1.92. The summed E-state index contributed by atoms with van der Waals surface area (Å²) in [6.07, 6.45) is 2.64. The molecule has 0 aromatic carbocycles. The molecular formula is C11H23NO. The van der Waals surface area contributed by atoms with Crippen molar-refractivity contribution in [3.8, 4) is 0 Å². The van der Waals surface area contributed by atoms with E-state index in [1.165, 1.54) is 25.9 Å². The lowest BCUT2D eigenvalue weighted by molar-refractivity contribution is 0.0659. The van der Waals surface area contributed by atoms with Gasteiger partial charge in [-0.2, -0.15) is 0 Å². The first-order valence-corrected chi connectivity index (χ1v) is 5.55. The van der Waals surface area contributed by atoms with E-state index in [4.69, 9.17) is 4.74 Å². The minimum atomic E-state index is 0.716. The van der Waals surface area contributed by atoms with Crippen LogP contribution in [0.5, 0.6) is 0 Å². The van der Waals surface area contributed by atoms with Gasteiger partial charge in [-0.05, 0) is 52.6 Å². The molecule has 0 unspecified atom stereocenters. The summed E-state index contributed by atoms with van der Waals surface area (Å²) in [7, 11) is 0. The molecule has 13 heavy (non-hydrogen) atoms. The number of likely N-dealkylation sites (tertiary alicyclic amines) is 1. The van der Waals surface area contributed by atoms with Crippen molar-refractivity contribution in [2.45, 2.75) is 39.7 Å². The first-order chi connectivity index (χ1) is 6.24. The van der Waals surface area contributed by atoms with E-state index < -0.39 is 0 Å². The van der Waals surface area contributed by atoms with E-state index in [0.717, 1.165) is 19.1 Å². The highest BCUT2D eigenvalue weighted by Crippen LogP contribution is 2.18. The fraction of sp³-hybridized carbons (Fsp3) is 1.00. The molecule has 2 nitrogen and oxygen atoms in total. The smallest absolute Gasteiger partial charge is 0.0495 e. The zero-order valence-corrected chi connectivity index (χ0v) is 9.25. The molecule has 0 amide bonds. The minimum absolute atomic E-state index is 0.716. The van der Waals surface area contributed by atoms with Gasteiger partial charge in [0, 0.05) is 19.3 Å². The third-order valence-electron chi connectivity index (χ3n) is 2.94. The first kappa shape index (κ1) is 11.0. The summed E-state index contributed by atoms with van der Waals surface area (Å²) in [6, 6.07) is 0.716. The quantitative estimate of drug-likeness (QED) is 0.665. The number of hydrogen-bond donors (Lipinski definition) is 0. The van der Waals surface area contributed by atoms with Gasteiger partial charge in [0.15, 0.2) is 0 Å². The molecule has 1 saturated heterocycles. The molecule has 0 aromatic rings. The molecule has 1 heterocycles. The summed E-state index contributed by atoms with van der Waals surface area (Å²) in [6.45, 7) is 11.0. The predicted octanol–water partition coefficient (Wildman–Crippen LogP) is 2.14. The Morgan fingerprint density at radius 3 is 2.38 bits per heavy atom. The van der Waals surface area contributed by atoms with Gasteiger partial charge in [0.1, 0.15) is 0 Å². The van der Waals surface area contributed by atoms with E-state index in [0.29, 0.717) is 6.04 Å². The number of nitrogens with zero attached hydrogens (tertiary/aromatic N) is 1. The van der Waals surface area contributed by atoms with Crippen molar-refractivity contribution >= 4 is 0 Å². The van der Waals surface area contributed by atoms with Crippen LogP contribution in [-0.4, -0.2) is 37.2 Å². The fourth-order valence-corrected chi connectivity index (χ4v) is 1.92. The zero-order chi connectivity index (χ0) is 9.68. The number of rotatable bonds is 4. The summed E-state index contributed by atoms with van der Waals surface area (Å²) in [4.78, 5) is 2.56. The summed E-state index contributed by atoms with van der Waals surface area (Å²) < 4.78 is 5.45. The van der Waals surface area contributed by atoms with Crippen molar-refractivity contribution in [2.24, 2.45) is 5.92 Å². The normalized spacial score (nSPS) is 21.2. The van der Waals surface area contributed by atoms with Gasteiger partial charge in [0.25, 0.3) is 0 Å². The largest absolute Gasteiger partial charge is 0.381 e. The van der Waals surface area contributed by atoms with Gasteiger partial charge in [-0.15, -0.1) is 0 Å². The van der Waals surface area contributed by atoms with Crippen LogP contribution in [0, 0.1) is 5.92 Å². The Kier molecular flexibility index (Phi) is 4.74. The first-order valence-electron chi connectivity index (χ1n) is 5.55. The molecule has 1 aliphatic heterocycles. The minimum Gasteiger partial charge on any atom is -0.381 e. The lowest BCUT2D eigenvalue weighted by Gasteiger charge is -2.34. The Morgan fingerprint density at radius 1 is 1.31 bits per heavy atom. The molecular weight excluding hydrogens is 162 g/mol. The average molecular weight is 185 g/mol. The van der Waals surface area contributed by atoms with Crippen molar-refractivity contribution < 1.29 is 4.74 Å². The molecule has 0 aliphatic carbocycles. The maximum atomic E-state index is 5.45. The Balaban J connectivity index is 2.15. The van der Waals surface area contributed by atoms with Gasteiger partial charge >= 0.3 is 0 Å². The summed E-state index contributed by atoms with van der Waals surface area (Å²) >= 11 is 0. The van der Waals surface area contributed by atoms with Gasteiger partial charge in [-0.25, -0.2) is 0 Å². The molecule has 1 rings (SSSR count). The predicted molar refractivity (Wildman–Crippen MR) is 55.9 cm³/mol. The molecule has 1 fully saturated rings.